The minimum atomic E-state index is -0.537. The lowest BCUT2D eigenvalue weighted by molar-refractivity contribution is -0.155. The largest absolute Gasteiger partial charge is 0.340 e. The summed E-state index contributed by atoms with van der Waals surface area (Å²) in [5.41, 5.74) is 0.732. The number of carbonyl (C=O) groups excluding carboxylic acids is 2. The van der Waals surface area contributed by atoms with Gasteiger partial charge in [0.1, 0.15) is 5.54 Å². The van der Waals surface area contributed by atoms with E-state index < -0.39 is 5.54 Å². The average Bonchev–Trinajstić information content (AvgIpc) is 3.34. The van der Waals surface area contributed by atoms with Crippen molar-refractivity contribution < 1.29 is 9.59 Å². The number of rotatable bonds is 5. The van der Waals surface area contributed by atoms with E-state index in [0.717, 1.165) is 51.7 Å². The normalized spacial score (nSPS) is 26.3. The maximum absolute atomic E-state index is 13.5. The zero-order valence-electron chi connectivity index (χ0n) is 16.4. The van der Waals surface area contributed by atoms with Crippen LogP contribution in [0.15, 0.2) is 30.3 Å². The SMILES string of the molecule is O=C(CC1CCCC1)N1CCCC12CCCN(CCc1ccccc1)C2=O. The molecule has 4 heteroatoms. The van der Waals surface area contributed by atoms with E-state index in [9.17, 15) is 9.59 Å². The molecule has 0 aromatic heterocycles. The molecule has 4 nitrogen and oxygen atoms in total. The van der Waals surface area contributed by atoms with Crippen molar-refractivity contribution in [2.45, 2.75) is 69.7 Å². The number of hydrogen-bond acceptors (Lipinski definition) is 2. The molecule has 4 rings (SSSR count). The third-order valence-electron chi connectivity index (χ3n) is 6.94. The van der Waals surface area contributed by atoms with Crippen molar-refractivity contribution in [1.82, 2.24) is 9.80 Å². The van der Waals surface area contributed by atoms with Crippen LogP contribution < -0.4 is 0 Å². The molecule has 2 amide bonds. The van der Waals surface area contributed by atoms with Gasteiger partial charge in [-0.25, -0.2) is 0 Å². The number of carbonyl (C=O) groups is 2. The van der Waals surface area contributed by atoms with E-state index in [1.165, 1.54) is 31.2 Å². The van der Waals surface area contributed by atoms with Crippen LogP contribution in [0.3, 0.4) is 0 Å². The maximum atomic E-state index is 13.5. The third-order valence-corrected chi connectivity index (χ3v) is 6.94. The predicted octanol–water partition coefficient (Wildman–Crippen LogP) is 3.79. The molecule has 1 saturated carbocycles. The van der Waals surface area contributed by atoms with E-state index in [1.807, 2.05) is 15.9 Å². The van der Waals surface area contributed by atoms with Gasteiger partial charge in [0.2, 0.25) is 11.8 Å². The highest BCUT2D eigenvalue weighted by atomic mass is 16.2. The fraction of sp³-hybridized carbons (Fsp3) is 0.652. The summed E-state index contributed by atoms with van der Waals surface area (Å²) in [5.74, 6) is 0.989. The molecule has 1 atom stereocenters. The van der Waals surface area contributed by atoms with Crippen LogP contribution in [0.1, 0.15) is 63.4 Å². The lowest BCUT2D eigenvalue weighted by atomic mass is 9.84. The molecule has 3 aliphatic rings. The van der Waals surface area contributed by atoms with E-state index in [0.29, 0.717) is 12.3 Å². The highest BCUT2D eigenvalue weighted by molar-refractivity contribution is 5.92. The number of nitrogens with zero attached hydrogens (tertiary/aromatic N) is 2. The Morgan fingerprint density at radius 2 is 1.70 bits per heavy atom. The molecule has 2 heterocycles. The second-order valence-corrected chi connectivity index (χ2v) is 8.67. The summed E-state index contributed by atoms with van der Waals surface area (Å²) >= 11 is 0. The summed E-state index contributed by atoms with van der Waals surface area (Å²) in [5, 5.41) is 0. The Bertz CT molecular complexity index is 668. The third kappa shape index (κ3) is 3.76. The number of hydrogen-bond donors (Lipinski definition) is 0. The van der Waals surface area contributed by atoms with Crippen molar-refractivity contribution in [3.63, 3.8) is 0 Å². The van der Waals surface area contributed by atoms with Crippen molar-refractivity contribution in [3.05, 3.63) is 35.9 Å². The molecule has 2 saturated heterocycles. The van der Waals surface area contributed by atoms with Gasteiger partial charge in [-0.2, -0.15) is 0 Å². The molecule has 1 spiro atoms. The molecular weight excluding hydrogens is 336 g/mol. The summed E-state index contributed by atoms with van der Waals surface area (Å²) in [6.45, 7) is 2.36. The number of benzene rings is 1. The van der Waals surface area contributed by atoms with Crippen LogP contribution in [-0.2, 0) is 16.0 Å². The molecule has 2 aliphatic heterocycles. The van der Waals surface area contributed by atoms with Crippen LogP contribution in [0.5, 0.6) is 0 Å². The Hall–Kier alpha value is -1.84. The van der Waals surface area contributed by atoms with Gasteiger partial charge in [0.25, 0.3) is 0 Å². The molecule has 0 bridgehead atoms. The predicted molar refractivity (Wildman–Crippen MR) is 106 cm³/mol. The first-order valence-electron chi connectivity index (χ1n) is 10.8. The van der Waals surface area contributed by atoms with E-state index in [-0.39, 0.29) is 11.8 Å². The van der Waals surface area contributed by atoms with Crippen LogP contribution in [-0.4, -0.2) is 46.8 Å². The summed E-state index contributed by atoms with van der Waals surface area (Å²) in [7, 11) is 0. The molecule has 3 fully saturated rings. The number of likely N-dealkylation sites (tertiary alicyclic amines) is 2. The molecule has 0 radical (unpaired) electrons. The van der Waals surface area contributed by atoms with Crippen molar-refractivity contribution in [3.8, 4) is 0 Å². The second-order valence-electron chi connectivity index (χ2n) is 8.67. The zero-order chi connectivity index (χ0) is 18.7. The van der Waals surface area contributed by atoms with Crippen molar-refractivity contribution in [2.24, 2.45) is 5.92 Å². The zero-order valence-corrected chi connectivity index (χ0v) is 16.4. The average molecular weight is 369 g/mol. The lowest BCUT2D eigenvalue weighted by Crippen LogP contribution is -2.61. The summed E-state index contributed by atoms with van der Waals surface area (Å²) in [6.07, 6.45) is 10.1. The van der Waals surface area contributed by atoms with Gasteiger partial charge < -0.3 is 9.80 Å². The Kier molecular flexibility index (Phi) is 5.51. The molecule has 1 aliphatic carbocycles. The van der Waals surface area contributed by atoms with E-state index >= 15 is 0 Å². The minimum absolute atomic E-state index is 0.210. The second kappa shape index (κ2) is 8.04. The lowest BCUT2D eigenvalue weighted by Gasteiger charge is -2.45. The monoisotopic (exact) mass is 368 g/mol. The quantitative estimate of drug-likeness (QED) is 0.793. The number of amides is 2. The van der Waals surface area contributed by atoms with Gasteiger partial charge in [0, 0.05) is 26.1 Å². The van der Waals surface area contributed by atoms with Crippen molar-refractivity contribution in [1.29, 1.82) is 0 Å². The molecule has 27 heavy (non-hydrogen) atoms. The molecule has 0 N–H and O–H groups in total. The summed E-state index contributed by atoms with van der Waals surface area (Å²) < 4.78 is 0. The van der Waals surface area contributed by atoms with Crippen LogP contribution in [0.2, 0.25) is 0 Å². The molecule has 1 unspecified atom stereocenters. The Balaban J connectivity index is 1.43. The van der Waals surface area contributed by atoms with Crippen molar-refractivity contribution >= 4 is 11.8 Å². The fourth-order valence-electron chi connectivity index (χ4n) is 5.48. The summed E-state index contributed by atoms with van der Waals surface area (Å²) in [4.78, 5) is 30.5. The molecular formula is C23H32N2O2. The number of piperidine rings is 1. The van der Waals surface area contributed by atoms with Gasteiger partial charge in [0.05, 0.1) is 0 Å². The van der Waals surface area contributed by atoms with Crippen LogP contribution in [0.4, 0.5) is 0 Å². The Morgan fingerprint density at radius 3 is 2.44 bits per heavy atom. The van der Waals surface area contributed by atoms with Crippen molar-refractivity contribution in [2.75, 3.05) is 19.6 Å². The van der Waals surface area contributed by atoms with Crippen LogP contribution in [0, 0.1) is 5.92 Å². The minimum Gasteiger partial charge on any atom is -0.340 e. The first-order valence-corrected chi connectivity index (χ1v) is 10.8. The maximum Gasteiger partial charge on any atom is 0.248 e. The molecule has 1 aromatic rings. The van der Waals surface area contributed by atoms with Gasteiger partial charge in [-0.15, -0.1) is 0 Å². The van der Waals surface area contributed by atoms with E-state index in [4.69, 9.17) is 0 Å². The Morgan fingerprint density at radius 1 is 1.00 bits per heavy atom. The topological polar surface area (TPSA) is 40.6 Å². The van der Waals surface area contributed by atoms with E-state index in [2.05, 4.69) is 24.3 Å². The van der Waals surface area contributed by atoms with Gasteiger partial charge in [-0.1, -0.05) is 43.2 Å². The van der Waals surface area contributed by atoms with Gasteiger partial charge in [-0.05, 0) is 56.4 Å². The highest BCUT2D eigenvalue weighted by Gasteiger charge is 2.52. The Labute approximate surface area is 162 Å². The van der Waals surface area contributed by atoms with Crippen LogP contribution in [0.25, 0.3) is 0 Å². The highest BCUT2D eigenvalue weighted by Crippen LogP contribution is 2.40. The van der Waals surface area contributed by atoms with Gasteiger partial charge in [0.15, 0.2) is 0 Å². The summed E-state index contributed by atoms with van der Waals surface area (Å²) in [6, 6.07) is 10.4. The first kappa shape index (κ1) is 18.5. The fourth-order valence-corrected chi connectivity index (χ4v) is 5.48. The standard InChI is InChI=1S/C23H32N2O2/c26-21(18-20-10-4-5-11-20)25-16-7-14-23(25)13-6-15-24(22(23)27)17-12-19-8-2-1-3-9-19/h1-3,8-9,20H,4-7,10-18H2. The molecule has 146 valence electrons. The van der Waals surface area contributed by atoms with Crippen LogP contribution >= 0.6 is 0 Å². The van der Waals surface area contributed by atoms with Gasteiger partial charge >= 0.3 is 0 Å². The molecule has 1 aromatic carbocycles. The van der Waals surface area contributed by atoms with Gasteiger partial charge in [-0.3, -0.25) is 9.59 Å². The van der Waals surface area contributed by atoms with E-state index in [1.54, 1.807) is 0 Å². The smallest absolute Gasteiger partial charge is 0.248 e. The first-order chi connectivity index (χ1) is 13.2.